The van der Waals surface area contributed by atoms with Gasteiger partial charge in [0.15, 0.2) is 5.11 Å². The molecular weight excluding hydrogens is 358 g/mol. The smallest absolute Gasteiger partial charge is 0.191 e. The molecular formula is C17H18BrN3S. The number of nitrogens with one attached hydrogen (secondary N) is 2. The van der Waals surface area contributed by atoms with E-state index in [2.05, 4.69) is 51.7 Å². The summed E-state index contributed by atoms with van der Waals surface area (Å²) < 4.78 is 1.01. The van der Waals surface area contributed by atoms with E-state index in [1.54, 1.807) is 0 Å². The molecule has 0 aliphatic carbocycles. The highest BCUT2D eigenvalue weighted by Gasteiger charge is 2.04. The fourth-order valence-electron chi connectivity index (χ4n) is 1.99. The standard InChI is InChI=1S/C17H18BrN3S/c1-11-7-6-10-16(12(11)2)19-17(22)21-20-13(3)14-8-4-5-9-15(14)18/h4-10H,1-3H3,(H2,19,21,22)/b20-13+. The van der Waals surface area contributed by atoms with E-state index in [0.29, 0.717) is 5.11 Å². The summed E-state index contributed by atoms with van der Waals surface area (Å²) in [7, 11) is 0. The highest BCUT2D eigenvalue weighted by Crippen LogP contribution is 2.18. The van der Waals surface area contributed by atoms with E-state index < -0.39 is 0 Å². The number of hydrogen-bond donors (Lipinski definition) is 2. The van der Waals surface area contributed by atoms with Crippen molar-refractivity contribution >= 4 is 44.7 Å². The molecule has 0 aliphatic heterocycles. The van der Waals surface area contributed by atoms with Gasteiger partial charge in [0.05, 0.1) is 5.71 Å². The summed E-state index contributed by atoms with van der Waals surface area (Å²) in [6.07, 6.45) is 0. The first kappa shape index (κ1) is 16.6. The number of halogens is 1. The van der Waals surface area contributed by atoms with Crippen LogP contribution in [0.2, 0.25) is 0 Å². The summed E-state index contributed by atoms with van der Waals surface area (Å²) in [5, 5.41) is 7.98. The molecule has 2 aromatic rings. The zero-order valence-electron chi connectivity index (χ0n) is 12.8. The van der Waals surface area contributed by atoms with Crippen molar-refractivity contribution in [2.75, 3.05) is 5.32 Å². The number of thiocarbonyl (C=S) groups is 1. The predicted molar refractivity (Wildman–Crippen MR) is 102 cm³/mol. The molecule has 0 aromatic heterocycles. The van der Waals surface area contributed by atoms with Crippen molar-refractivity contribution in [1.29, 1.82) is 0 Å². The van der Waals surface area contributed by atoms with Crippen LogP contribution < -0.4 is 10.7 Å². The fraction of sp³-hybridized carbons (Fsp3) is 0.176. The molecule has 3 nitrogen and oxygen atoms in total. The molecule has 0 atom stereocenters. The van der Waals surface area contributed by atoms with Crippen LogP contribution in [0.1, 0.15) is 23.6 Å². The van der Waals surface area contributed by atoms with Crippen molar-refractivity contribution in [2.45, 2.75) is 20.8 Å². The van der Waals surface area contributed by atoms with Gasteiger partial charge in [-0.25, -0.2) is 0 Å². The Morgan fingerprint density at radius 3 is 2.55 bits per heavy atom. The van der Waals surface area contributed by atoms with Crippen LogP contribution in [0.5, 0.6) is 0 Å². The van der Waals surface area contributed by atoms with E-state index in [1.165, 1.54) is 11.1 Å². The summed E-state index contributed by atoms with van der Waals surface area (Å²) >= 11 is 8.82. The number of anilines is 1. The molecule has 0 amide bonds. The van der Waals surface area contributed by atoms with Gasteiger partial charge in [0.1, 0.15) is 0 Å². The van der Waals surface area contributed by atoms with Crippen molar-refractivity contribution in [1.82, 2.24) is 5.43 Å². The monoisotopic (exact) mass is 375 g/mol. The van der Waals surface area contributed by atoms with Gasteiger partial charge in [-0.05, 0) is 56.2 Å². The number of hydrogen-bond acceptors (Lipinski definition) is 2. The lowest BCUT2D eigenvalue weighted by Gasteiger charge is -2.12. The lowest BCUT2D eigenvalue weighted by molar-refractivity contribution is 1.04. The van der Waals surface area contributed by atoms with Gasteiger partial charge in [-0.3, -0.25) is 5.43 Å². The van der Waals surface area contributed by atoms with E-state index in [9.17, 15) is 0 Å². The average molecular weight is 376 g/mol. The molecule has 0 unspecified atom stereocenters. The quantitative estimate of drug-likeness (QED) is 0.460. The van der Waals surface area contributed by atoms with Gasteiger partial charge in [0.25, 0.3) is 0 Å². The molecule has 0 radical (unpaired) electrons. The summed E-state index contributed by atoms with van der Waals surface area (Å²) in [6.45, 7) is 6.08. The second-order valence-electron chi connectivity index (χ2n) is 4.99. The number of hydrazone groups is 1. The summed E-state index contributed by atoms with van der Waals surface area (Å²) in [6, 6.07) is 14.0. The zero-order valence-corrected chi connectivity index (χ0v) is 15.2. The highest BCUT2D eigenvalue weighted by atomic mass is 79.9. The molecule has 114 valence electrons. The van der Waals surface area contributed by atoms with Crippen LogP contribution in [0.4, 0.5) is 5.69 Å². The largest absolute Gasteiger partial charge is 0.331 e. The van der Waals surface area contributed by atoms with Gasteiger partial charge < -0.3 is 5.32 Å². The predicted octanol–water partition coefficient (Wildman–Crippen LogP) is 4.78. The van der Waals surface area contributed by atoms with Crippen LogP contribution in [-0.4, -0.2) is 10.8 Å². The number of nitrogens with zero attached hydrogens (tertiary/aromatic N) is 1. The van der Waals surface area contributed by atoms with E-state index in [4.69, 9.17) is 12.2 Å². The van der Waals surface area contributed by atoms with Crippen LogP contribution in [0, 0.1) is 13.8 Å². The minimum atomic E-state index is 0.472. The van der Waals surface area contributed by atoms with Crippen molar-refractivity contribution in [2.24, 2.45) is 5.10 Å². The normalized spacial score (nSPS) is 11.2. The van der Waals surface area contributed by atoms with Crippen molar-refractivity contribution in [3.8, 4) is 0 Å². The second kappa shape index (κ2) is 7.51. The summed E-state index contributed by atoms with van der Waals surface area (Å²) in [4.78, 5) is 0. The first-order chi connectivity index (χ1) is 10.5. The minimum Gasteiger partial charge on any atom is -0.331 e. The molecule has 5 heteroatoms. The Bertz CT molecular complexity index is 726. The van der Waals surface area contributed by atoms with E-state index >= 15 is 0 Å². The van der Waals surface area contributed by atoms with Gasteiger partial charge in [0, 0.05) is 15.7 Å². The topological polar surface area (TPSA) is 36.4 Å². The summed E-state index contributed by atoms with van der Waals surface area (Å²) in [5.74, 6) is 0. The Labute approximate surface area is 145 Å². The Morgan fingerprint density at radius 1 is 1.09 bits per heavy atom. The second-order valence-corrected chi connectivity index (χ2v) is 6.25. The molecule has 0 fully saturated rings. The molecule has 0 bridgehead atoms. The van der Waals surface area contributed by atoms with E-state index in [0.717, 1.165) is 21.4 Å². The fourth-order valence-corrected chi connectivity index (χ4v) is 2.71. The first-order valence-corrected chi connectivity index (χ1v) is 8.11. The lowest BCUT2D eigenvalue weighted by atomic mass is 10.1. The maximum atomic E-state index is 5.30. The molecule has 0 spiro atoms. The Hall–Kier alpha value is -1.72. The Kier molecular flexibility index (Phi) is 5.69. The molecule has 0 saturated carbocycles. The Morgan fingerprint density at radius 2 is 1.82 bits per heavy atom. The number of rotatable bonds is 3. The summed E-state index contributed by atoms with van der Waals surface area (Å²) in [5.41, 5.74) is 8.18. The van der Waals surface area contributed by atoms with Gasteiger partial charge >= 0.3 is 0 Å². The van der Waals surface area contributed by atoms with Gasteiger partial charge in [-0.2, -0.15) is 5.10 Å². The molecule has 2 rings (SSSR count). The Balaban J connectivity index is 2.05. The third kappa shape index (κ3) is 4.15. The molecule has 0 heterocycles. The maximum Gasteiger partial charge on any atom is 0.191 e. The van der Waals surface area contributed by atoms with Crippen LogP contribution in [0.15, 0.2) is 52.0 Å². The van der Waals surface area contributed by atoms with Crippen LogP contribution >= 0.6 is 28.1 Å². The van der Waals surface area contributed by atoms with E-state index in [1.807, 2.05) is 43.3 Å². The minimum absolute atomic E-state index is 0.472. The number of aryl methyl sites for hydroxylation is 1. The maximum absolute atomic E-state index is 5.30. The van der Waals surface area contributed by atoms with Crippen molar-refractivity contribution < 1.29 is 0 Å². The average Bonchev–Trinajstić information content (AvgIpc) is 2.50. The first-order valence-electron chi connectivity index (χ1n) is 6.91. The van der Waals surface area contributed by atoms with Crippen LogP contribution in [0.3, 0.4) is 0 Å². The van der Waals surface area contributed by atoms with Gasteiger partial charge in [-0.1, -0.05) is 46.3 Å². The molecule has 0 saturated heterocycles. The SMILES string of the molecule is C/C(=N\NC(=S)Nc1cccc(C)c1C)c1ccccc1Br. The number of benzene rings is 2. The van der Waals surface area contributed by atoms with Crippen molar-refractivity contribution in [3.05, 3.63) is 63.6 Å². The zero-order chi connectivity index (χ0) is 16.1. The van der Waals surface area contributed by atoms with Gasteiger partial charge in [-0.15, -0.1) is 0 Å². The molecule has 0 aliphatic rings. The molecule has 2 N–H and O–H groups in total. The molecule has 22 heavy (non-hydrogen) atoms. The third-order valence-corrected chi connectivity index (χ3v) is 4.33. The lowest BCUT2D eigenvalue weighted by Crippen LogP contribution is -2.25. The third-order valence-electron chi connectivity index (χ3n) is 3.44. The van der Waals surface area contributed by atoms with Crippen molar-refractivity contribution in [3.63, 3.8) is 0 Å². The highest BCUT2D eigenvalue weighted by molar-refractivity contribution is 9.10. The van der Waals surface area contributed by atoms with E-state index in [-0.39, 0.29) is 0 Å². The van der Waals surface area contributed by atoms with Crippen LogP contribution in [-0.2, 0) is 0 Å². The molecule has 2 aromatic carbocycles. The van der Waals surface area contributed by atoms with Crippen LogP contribution in [0.25, 0.3) is 0 Å². The van der Waals surface area contributed by atoms with Gasteiger partial charge in [0.2, 0.25) is 0 Å².